The minimum absolute atomic E-state index is 0.363. The van der Waals surface area contributed by atoms with Crippen molar-refractivity contribution in [3.8, 4) is 0 Å². The lowest BCUT2D eigenvalue weighted by molar-refractivity contribution is 0.105. The summed E-state index contributed by atoms with van der Waals surface area (Å²) in [6.45, 7) is 12.9. The quantitative estimate of drug-likeness (QED) is 0.373. The standard InChI is InChI=1S/C21H39N5O/c1-6-27-12-11-21(9-7-8-10-21)16-24-20(22-5)23-14-17(2)15-26-19(4)13-18(3)25-26/h13,17H,6-12,14-16H2,1-5H3,(H2,22,23,24). The molecular weight excluding hydrogens is 338 g/mol. The molecular formula is C21H39N5O. The first-order valence-electron chi connectivity index (χ1n) is 10.5. The van der Waals surface area contributed by atoms with E-state index in [1.165, 1.54) is 31.4 Å². The summed E-state index contributed by atoms with van der Waals surface area (Å²) in [4.78, 5) is 4.42. The third kappa shape index (κ3) is 6.83. The van der Waals surface area contributed by atoms with Crippen LogP contribution < -0.4 is 10.6 Å². The van der Waals surface area contributed by atoms with Crippen molar-refractivity contribution >= 4 is 5.96 Å². The maximum Gasteiger partial charge on any atom is 0.191 e. The molecule has 0 amide bonds. The molecule has 1 aromatic rings. The SMILES string of the molecule is CCOCCC1(CNC(=NC)NCC(C)Cn2nc(C)cc2C)CCCC1. The predicted molar refractivity (Wildman–Crippen MR) is 112 cm³/mol. The highest BCUT2D eigenvalue weighted by atomic mass is 16.5. The van der Waals surface area contributed by atoms with E-state index in [2.05, 4.69) is 52.2 Å². The molecule has 27 heavy (non-hydrogen) atoms. The number of guanidine groups is 1. The number of nitrogens with zero attached hydrogens (tertiary/aromatic N) is 3. The monoisotopic (exact) mass is 377 g/mol. The van der Waals surface area contributed by atoms with Crippen molar-refractivity contribution in [3.63, 3.8) is 0 Å². The number of ether oxygens (including phenoxy) is 1. The second-order valence-electron chi connectivity index (χ2n) is 8.18. The Bertz CT molecular complexity index is 589. The second kappa shape index (κ2) is 10.7. The van der Waals surface area contributed by atoms with Gasteiger partial charge >= 0.3 is 0 Å². The van der Waals surface area contributed by atoms with Gasteiger partial charge in [-0.1, -0.05) is 19.8 Å². The summed E-state index contributed by atoms with van der Waals surface area (Å²) in [5.41, 5.74) is 2.67. The van der Waals surface area contributed by atoms with Crippen molar-refractivity contribution in [2.24, 2.45) is 16.3 Å². The van der Waals surface area contributed by atoms with Gasteiger partial charge in [0.05, 0.1) is 5.69 Å². The van der Waals surface area contributed by atoms with E-state index in [1.807, 2.05) is 14.0 Å². The lowest BCUT2D eigenvalue weighted by Crippen LogP contribution is -2.44. The Morgan fingerprint density at radius 2 is 2.07 bits per heavy atom. The lowest BCUT2D eigenvalue weighted by atomic mass is 9.83. The normalized spacial score (nSPS) is 17.9. The van der Waals surface area contributed by atoms with E-state index < -0.39 is 0 Å². The Morgan fingerprint density at radius 3 is 2.67 bits per heavy atom. The van der Waals surface area contributed by atoms with Crippen molar-refractivity contribution in [1.82, 2.24) is 20.4 Å². The first kappa shape index (κ1) is 21.7. The van der Waals surface area contributed by atoms with Crippen molar-refractivity contribution in [2.75, 3.05) is 33.4 Å². The minimum Gasteiger partial charge on any atom is -0.382 e. The number of aryl methyl sites for hydroxylation is 2. The van der Waals surface area contributed by atoms with E-state index in [0.717, 1.165) is 50.9 Å². The summed E-state index contributed by atoms with van der Waals surface area (Å²) in [7, 11) is 1.85. The van der Waals surface area contributed by atoms with Crippen molar-refractivity contribution in [3.05, 3.63) is 17.5 Å². The molecule has 1 unspecified atom stereocenters. The number of rotatable bonds is 10. The summed E-state index contributed by atoms with van der Waals surface area (Å²) in [5.74, 6) is 1.37. The zero-order valence-electron chi connectivity index (χ0n) is 18.0. The van der Waals surface area contributed by atoms with Crippen LogP contribution in [-0.4, -0.2) is 49.1 Å². The third-order valence-electron chi connectivity index (χ3n) is 5.71. The van der Waals surface area contributed by atoms with Crippen LogP contribution >= 0.6 is 0 Å². The number of aromatic nitrogens is 2. The third-order valence-corrected chi connectivity index (χ3v) is 5.71. The van der Waals surface area contributed by atoms with Crippen molar-refractivity contribution < 1.29 is 4.74 Å². The first-order valence-corrected chi connectivity index (χ1v) is 10.5. The Kier molecular flexibility index (Phi) is 8.61. The molecule has 0 saturated heterocycles. The zero-order chi connectivity index (χ0) is 19.7. The Morgan fingerprint density at radius 1 is 1.33 bits per heavy atom. The maximum absolute atomic E-state index is 5.62. The minimum atomic E-state index is 0.363. The van der Waals surface area contributed by atoms with E-state index >= 15 is 0 Å². The topological polar surface area (TPSA) is 63.5 Å². The molecule has 0 bridgehead atoms. The summed E-state index contributed by atoms with van der Waals surface area (Å²) >= 11 is 0. The molecule has 2 rings (SSSR count). The second-order valence-corrected chi connectivity index (χ2v) is 8.18. The molecule has 1 heterocycles. The van der Waals surface area contributed by atoms with Crippen LogP contribution in [0.5, 0.6) is 0 Å². The fourth-order valence-corrected chi connectivity index (χ4v) is 4.06. The van der Waals surface area contributed by atoms with Gasteiger partial charge in [0.15, 0.2) is 5.96 Å². The molecule has 1 aromatic heterocycles. The molecule has 1 aliphatic rings. The summed E-state index contributed by atoms with van der Waals surface area (Å²) in [6, 6.07) is 2.13. The van der Waals surface area contributed by atoms with Crippen LogP contribution in [0.2, 0.25) is 0 Å². The molecule has 2 N–H and O–H groups in total. The van der Waals surface area contributed by atoms with E-state index in [-0.39, 0.29) is 0 Å². The van der Waals surface area contributed by atoms with E-state index in [1.54, 1.807) is 0 Å². The molecule has 0 aliphatic heterocycles. The molecule has 1 atom stereocenters. The maximum atomic E-state index is 5.62. The number of hydrogen-bond donors (Lipinski definition) is 2. The van der Waals surface area contributed by atoms with Gasteiger partial charge in [0, 0.05) is 45.6 Å². The predicted octanol–water partition coefficient (Wildman–Crippen LogP) is 3.29. The van der Waals surface area contributed by atoms with Crippen LogP contribution in [0.15, 0.2) is 11.1 Å². The summed E-state index contributed by atoms with van der Waals surface area (Å²) < 4.78 is 7.71. The van der Waals surface area contributed by atoms with Crippen LogP contribution in [0.25, 0.3) is 0 Å². The fourth-order valence-electron chi connectivity index (χ4n) is 4.06. The molecule has 1 fully saturated rings. The highest BCUT2D eigenvalue weighted by molar-refractivity contribution is 5.79. The van der Waals surface area contributed by atoms with E-state index in [9.17, 15) is 0 Å². The van der Waals surface area contributed by atoms with Crippen LogP contribution in [0, 0.1) is 25.2 Å². The Hall–Kier alpha value is -1.56. The average Bonchev–Trinajstić information content (AvgIpc) is 3.22. The molecule has 1 aliphatic carbocycles. The average molecular weight is 378 g/mol. The highest BCUT2D eigenvalue weighted by Gasteiger charge is 2.33. The van der Waals surface area contributed by atoms with Gasteiger partial charge in [-0.2, -0.15) is 5.10 Å². The molecule has 6 heteroatoms. The number of aliphatic imine (C=N–C) groups is 1. The van der Waals surface area contributed by atoms with Crippen LogP contribution in [0.4, 0.5) is 0 Å². The van der Waals surface area contributed by atoms with Crippen molar-refractivity contribution in [1.29, 1.82) is 0 Å². The molecule has 0 radical (unpaired) electrons. The highest BCUT2D eigenvalue weighted by Crippen LogP contribution is 2.40. The van der Waals surface area contributed by atoms with E-state index in [0.29, 0.717) is 11.3 Å². The summed E-state index contributed by atoms with van der Waals surface area (Å²) in [6.07, 6.45) is 6.38. The molecule has 154 valence electrons. The van der Waals surface area contributed by atoms with Gasteiger partial charge in [-0.3, -0.25) is 9.67 Å². The molecule has 1 saturated carbocycles. The van der Waals surface area contributed by atoms with Gasteiger partial charge in [-0.25, -0.2) is 0 Å². The molecule has 0 spiro atoms. The Labute approximate surface area is 165 Å². The van der Waals surface area contributed by atoms with Crippen molar-refractivity contribution in [2.45, 2.75) is 66.3 Å². The Balaban J connectivity index is 1.78. The van der Waals surface area contributed by atoms with Gasteiger partial charge < -0.3 is 15.4 Å². The number of nitrogens with one attached hydrogen (secondary N) is 2. The largest absolute Gasteiger partial charge is 0.382 e. The van der Waals surface area contributed by atoms with Crippen LogP contribution in [0.1, 0.15) is 57.3 Å². The molecule has 6 nitrogen and oxygen atoms in total. The lowest BCUT2D eigenvalue weighted by Gasteiger charge is -2.30. The van der Waals surface area contributed by atoms with E-state index in [4.69, 9.17) is 4.74 Å². The van der Waals surface area contributed by atoms with Gasteiger partial charge in [0.1, 0.15) is 0 Å². The van der Waals surface area contributed by atoms with Gasteiger partial charge in [-0.05, 0) is 57.4 Å². The van der Waals surface area contributed by atoms with Crippen LogP contribution in [-0.2, 0) is 11.3 Å². The number of hydrogen-bond acceptors (Lipinski definition) is 3. The molecule has 0 aromatic carbocycles. The summed E-state index contributed by atoms with van der Waals surface area (Å²) in [5, 5.41) is 11.6. The van der Waals surface area contributed by atoms with Gasteiger partial charge in [-0.15, -0.1) is 0 Å². The van der Waals surface area contributed by atoms with Crippen LogP contribution in [0.3, 0.4) is 0 Å². The van der Waals surface area contributed by atoms with Gasteiger partial charge in [0.25, 0.3) is 0 Å². The van der Waals surface area contributed by atoms with Gasteiger partial charge in [0.2, 0.25) is 0 Å². The smallest absolute Gasteiger partial charge is 0.191 e. The zero-order valence-corrected chi connectivity index (χ0v) is 18.0. The first-order chi connectivity index (χ1) is 13.0. The fraction of sp³-hybridized carbons (Fsp3) is 0.810.